The second kappa shape index (κ2) is 7.41. The van der Waals surface area contributed by atoms with Gasteiger partial charge in [0.05, 0.1) is 7.11 Å². The molecule has 0 radical (unpaired) electrons. The zero-order chi connectivity index (χ0) is 11.8. The SMILES string of the molecule is CCCCC(NCc1ccsc1)C(=O)OC. The number of ether oxygens (including phenoxy) is 1. The molecule has 1 heterocycles. The van der Waals surface area contributed by atoms with E-state index < -0.39 is 0 Å². The molecule has 0 aliphatic rings. The van der Waals surface area contributed by atoms with E-state index in [2.05, 4.69) is 23.7 Å². The summed E-state index contributed by atoms with van der Waals surface area (Å²) in [5, 5.41) is 7.36. The number of hydrogen-bond donors (Lipinski definition) is 1. The largest absolute Gasteiger partial charge is 0.468 e. The van der Waals surface area contributed by atoms with Crippen molar-refractivity contribution in [1.82, 2.24) is 5.32 Å². The molecular formula is C12H19NO2S. The van der Waals surface area contributed by atoms with Gasteiger partial charge in [0.2, 0.25) is 0 Å². The molecule has 1 aromatic heterocycles. The van der Waals surface area contributed by atoms with Crippen LogP contribution in [0.2, 0.25) is 0 Å². The number of carbonyl (C=O) groups excluding carboxylic acids is 1. The molecule has 1 N–H and O–H groups in total. The molecule has 0 spiro atoms. The topological polar surface area (TPSA) is 38.3 Å². The Bertz CT molecular complexity index is 298. The Morgan fingerprint density at radius 3 is 3.00 bits per heavy atom. The molecule has 0 aromatic carbocycles. The van der Waals surface area contributed by atoms with Crippen molar-refractivity contribution in [2.75, 3.05) is 7.11 Å². The lowest BCUT2D eigenvalue weighted by Gasteiger charge is -2.15. The van der Waals surface area contributed by atoms with E-state index in [-0.39, 0.29) is 12.0 Å². The summed E-state index contributed by atoms with van der Waals surface area (Å²) in [6, 6.07) is 1.89. The van der Waals surface area contributed by atoms with Crippen LogP contribution in [0.25, 0.3) is 0 Å². The van der Waals surface area contributed by atoms with Crippen LogP contribution in [0.3, 0.4) is 0 Å². The van der Waals surface area contributed by atoms with E-state index in [0.29, 0.717) is 0 Å². The second-order valence-corrected chi connectivity index (χ2v) is 4.51. The number of carbonyl (C=O) groups is 1. The molecule has 0 amide bonds. The summed E-state index contributed by atoms with van der Waals surface area (Å²) in [4.78, 5) is 11.5. The fraction of sp³-hybridized carbons (Fsp3) is 0.583. The molecule has 16 heavy (non-hydrogen) atoms. The lowest BCUT2D eigenvalue weighted by Crippen LogP contribution is -2.37. The van der Waals surface area contributed by atoms with Crippen molar-refractivity contribution in [3.63, 3.8) is 0 Å². The van der Waals surface area contributed by atoms with E-state index >= 15 is 0 Å². The Morgan fingerprint density at radius 1 is 1.62 bits per heavy atom. The minimum atomic E-state index is -0.176. The molecule has 1 unspecified atom stereocenters. The van der Waals surface area contributed by atoms with Crippen LogP contribution in [-0.4, -0.2) is 19.1 Å². The van der Waals surface area contributed by atoms with Crippen LogP contribution in [0.15, 0.2) is 16.8 Å². The van der Waals surface area contributed by atoms with E-state index in [1.54, 1.807) is 11.3 Å². The molecule has 0 saturated carbocycles. The average molecular weight is 241 g/mol. The summed E-state index contributed by atoms with van der Waals surface area (Å²) in [6.45, 7) is 2.85. The smallest absolute Gasteiger partial charge is 0.322 e. The van der Waals surface area contributed by atoms with Crippen molar-refractivity contribution in [1.29, 1.82) is 0 Å². The number of unbranched alkanes of at least 4 members (excludes halogenated alkanes) is 1. The highest BCUT2D eigenvalue weighted by atomic mass is 32.1. The standard InChI is InChI=1S/C12H19NO2S/c1-3-4-5-11(12(14)15-2)13-8-10-6-7-16-9-10/h6-7,9,11,13H,3-5,8H2,1-2H3. The van der Waals surface area contributed by atoms with Crippen molar-refractivity contribution in [2.45, 2.75) is 38.8 Å². The van der Waals surface area contributed by atoms with Crippen LogP contribution in [0.5, 0.6) is 0 Å². The summed E-state index contributed by atoms with van der Waals surface area (Å²) >= 11 is 1.67. The van der Waals surface area contributed by atoms with Crippen molar-refractivity contribution < 1.29 is 9.53 Å². The molecule has 0 bridgehead atoms. The van der Waals surface area contributed by atoms with Gasteiger partial charge >= 0.3 is 5.97 Å². The third-order valence-corrected chi connectivity index (χ3v) is 3.20. The first-order chi connectivity index (χ1) is 7.77. The fourth-order valence-electron chi connectivity index (χ4n) is 1.49. The third-order valence-electron chi connectivity index (χ3n) is 2.46. The maximum Gasteiger partial charge on any atom is 0.322 e. The van der Waals surface area contributed by atoms with Crippen LogP contribution in [0.4, 0.5) is 0 Å². The van der Waals surface area contributed by atoms with E-state index in [9.17, 15) is 4.79 Å². The highest BCUT2D eigenvalue weighted by molar-refractivity contribution is 7.07. The molecule has 0 saturated heterocycles. The van der Waals surface area contributed by atoms with Crippen LogP contribution >= 0.6 is 11.3 Å². The molecule has 0 fully saturated rings. The molecule has 0 aliphatic carbocycles. The van der Waals surface area contributed by atoms with Gasteiger partial charge in [-0.1, -0.05) is 19.8 Å². The van der Waals surface area contributed by atoms with E-state index in [0.717, 1.165) is 25.8 Å². The van der Waals surface area contributed by atoms with Gasteiger partial charge in [-0.2, -0.15) is 11.3 Å². The van der Waals surface area contributed by atoms with Gasteiger partial charge in [-0.15, -0.1) is 0 Å². The molecular weight excluding hydrogens is 222 g/mol. The number of rotatable bonds is 7. The van der Waals surface area contributed by atoms with E-state index in [4.69, 9.17) is 4.74 Å². The van der Waals surface area contributed by atoms with Gasteiger partial charge in [-0.05, 0) is 28.8 Å². The Labute approximate surface area is 101 Å². The van der Waals surface area contributed by atoms with Gasteiger partial charge in [0.1, 0.15) is 6.04 Å². The van der Waals surface area contributed by atoms with Crippen LogP contribution in [0.1, 0.15) is 31.7 Å². The minimum absolute atomic E-state index is 0.163. The Balaban J connectivity index is 2.40. The predicted octanol–water partition coefficient (Wildman–Crippen LogP) is 2.57. The molecule has 4 heteroatoms. The Morgan fingerprint density at radius 2 is 2.44 bits per heavy atom. The summed E-state index contributed by atoms with van der Waals surface area (Å²) < 4.78 is 4.78. The summed E-state index contributed by atoms with van der Waals surface area (Å²) in [5.74, 6) is -0.163. The number of nitrogens with one attached hydrogen (secondary N) is 1. The molecule has 1 rings (SSSR count). The Kier molecular flexibility index (Phi) is 6.11. The van der Waals surface area contributed by atoms with Gasteiger partial charge in [0.25, 0.3) is 0 Å². The van der Waals surface area contributed by atoms with E-state index in [1.165, 1.54) is 12.7 Å². The van der Waals surface area contributed by atoms with Crippen molar-refractivity contribution in [3.05, 3.63) is 22.4 Å². The molecule has 1 atom stereocenters. The lowest BCUT2D eigenvalue weighted by molar-refractivity contribution is -0.143. The van der Waals surface area contributed by atoms with Crippen LogP contribution in [-0.2, 0) is 16.1 Å². The first kappa shape index (κ1) is 13.2. The predicted molar refractivity (Wildman–Crippen MR) is 66.5 cm³/mol. The quantitative estimate of drug-likeness (QED) is 0.746. The number of thiophene rings is 1. The molecule has 90 valence electrons. The van der Waals surface area contributed by atoms with Crippen molar-refractivity contribution in [2.24, 2.45) is 0 Å². The van der Waals surface area contributed by atoms with E-state index in [1.807, 2.05) is 5.38 Å². The maximum absolute atomic E-state index is 11.5. The normalized spacial score (nSPS) is 12.4. The number of esters is 1. The van der Waals surface area contributed by atoms with Crippen LogP contribution < -0.4 is 5.32 Å². The fourth-order valence-corrected chi connectivity index (χ4v) is 2.16. The minimum Gasteiger partial charge on any atom is -0.468 e. The van der Waals surface area contributed by atoms with Gasteiger partial charge in [0.15, 0.2) is 0 Å². The highest BCUT2D eigenvalue weighted by Crippen LogP contribution is 2.08. The summed E-state index contributed by atoms with van der Waals surface area (Å²) in [6.07, 6.45) is 2.97. The lowest BCUT2D eigenvalue weighted by atomic mass is 10.1. The number of hydrogen-bond acceptors (Lipinski definition) is 4. The first-order valence-corrected chi connectivity index (χ1v) is 6.54. The highest BCUT2D eigenvalue weighted by Gasteiger charge is 2.17. The van der Waals surface area contributed by atoms with Gasteiger partial charge in [-0.25, -0.2) is 0 Å². The zero-order valence-electron chi connectivity index (χ0n) is 9.86. The summed E-state index contributed by atoms with van der Waals surface area (Å²) in [7, 11) is 1.44. The maximum atomic E-state index is 11.5. The number of methoxy groups -OCH3 is 1. The van der Waals surface area contributed by atoms with Gasteiger partial charge in [-0.3, -0.25) is 4.79 Å². The molecule has 1 aromatic rings. The van der Waals surface area contributed by atoms with Crippen molar-refractivity contribution >= 4 is 17.3 Å². The Hall–Kier alpha value is -0.870. The second-order valence-electron chi connectivity index (χ2n) is 3.73. The van der Waals surface area contributed by atoms with Gasteiger partial charge < -0.3 is 10.1 Å². The summed E-state index contributed by atoms with van der Waals surface area (Å²) in [5.41, 5.74) is 1.22. The zero-order valence-corrected chi connectivity index (χ0v) is 10.7. The third kappa shape index (κ3) is 4.33. The average Bonchev–Trinajstić information content (AvgIpc) is 2.81. The molecule has 0 aliphatic heterocycles. The monoisotopic (exact) mass is 241 g/mol. The van der Waals surface area contributed by atoms with Crippen molar-refractivity contribution in [3.8, 4) is 0 Å². The van der Waals surface area contributed by atoms with Crippen LogP contribution in [0, 0.1) is 0 Å². The van der Waals surface area contributed by atoms with Gasteiger partial charge in [0, 0.05) is 6.54 Å². The molecule has 3 nitrogen and oxygen atoms in total. The first-order valence-electron chi connectivity index (χ1n) is 5.60.